The first-order chi connectivity index (χ1) is 10.8. The van der Waals surface area contributed by atoms with Gasteiger partial charge in [0.2, 0.25) is 0 Å². The molecule has 0 aliphatic rings. The van der Waals surface area contributed by atoms with Crippen LogP contribution in [0.1, 0.15) is 38.7 Å². The summed E-state index contributed by atoms with van der Waals surface area (Å²) >= 11 is 0. The zero-order valence-corrected chi connectivity index (χ0v) is 14.4. The molecule has 1 atom stereocenters. The van der Waals surface area contributed by atoms with E-state index in [0.717, 1.165) is 18.4 Å². The van der Waals surface area contributed by atoms with E-state index in [2.05, 4.69) is 13.8 Å². The monoisotopic (exact) mass is 323 g/mol. The van der Waals surface area contributed by atoms with Gasteiger partial charge in [0.15, 0.2) is 0 Å². The summed E-state index contributed by atoms with van der Waals surface area (Å²) in [4.78, 5) is 13.6. The number of amides is 1. The fraction of sp³-hybridized carbons (Fsp3) is 0.611. The van der Waals surface area contributed by atoms with Crippen molar-refractivity contribution in [2.45, 2.75) is 45.8 Å². The Hall–Kier alpha value is -1.59. The second kappa shape index (κ2) is 9.53. The van der Waals surface area contributed by atoms with Gasteiger partial charge in [0.1, 0.15) is 6.61 Å². The maximum atomic E-state index is 12.1. The van der Waals surface area contributed by atoms with Crippen molar-refractivity contribution in [1.82, 2.24) is 4.90 Å². The minimum atomic E-state index is -0.653. The number of hydrogen-bond acceptors (Lipinski definition) is 4. The minimum Gasteiger partial charge on any atom is -0.445 e. The van der Waals surface area contributed by atoms with Crippen LogP contribution in [0.4, 0.5) is 4.79 Å². The van der Waals surface area contributed by atoms with E-state index >= 15 is 0 Å². The second-order valence-corrected chi connectivity index (χ2v) is 6.79. The largest absolute Gasteiger partial charge is 0.445 e. The quantitative estimate of drug-likeness (QED) is 0.733. The molecule has 1 aromatic rings. The number of rotatable bonds is 9. The number of hydrogen-bond donors (Lipinski definition) is 2. The van der Waals surface area contributed by atoms with Crippen LogP contribution in [0.15, 0.2) is 30.3 Å². The lowest BCUT2D eigenvalue weighted by Gasteiger charge is -2.30. The van der Waals surface area contributed by atoms with Gasteiger partial charge in [0.05, 0.1) is 12.7 Å². The fourth-order valence-corrected chi connectivity index (χ4v) is 2.52. The molecule has 5 nitrogen and oxygen atoms in total. The number of ether oxygens (including phenoxy) is 1. The number of benzene rings is 1. The van der Waals surface area contributed by atoms with Crippen LogP contribution in [0, 0.1) is 5.41 Å². The molecule has 2 N–H and O–H groups in total. The minimum absolute atomic E-state index is 0.0737. The van der Waals surface area contributed by atoms with E-state index < -0.39 is 6.10 Å². The molecule has 0 fully saturated rings. The predicted molar refractivity (Wildman–Crippen MR) is 90.0 cm³/mol. The third kappa shape index (κ3) is 8.00. The molecule has 0 heterocycles. The van der Waals surface area contributed by atoms with Gasteiger partial charge in [-0.2, -0.15) is 0 Å². The van der Waals surface area contributed by atoms with Crippen molar-refractivity contribution >= 4 is 6.09 Å². The number of aliphatic hydroxyl groups is 2. The number of carbonyl (C=O) groups is 1. The molecule has 0 aliphatic carbocycles. The molecule has 1 unspecified atom stereocenters. The van der Waals surface area contributed by atoms with Crippen LogP contribution < -0.4 is 0 Å². The number of carbonyl (C=O) groups excluding carboxylic acids is 1. The molecule has 23 heavy (non-hydrogen) atoms. The first kappa shape index (κ1) is 19.5. The molecule has 130 valence electrons. The molecule has 5 heteroatoms. The Balaban J connectivity index is 2.34. The molecule has 0 aliphatic heterocycles. The van der Waals surface area contributed by atoms with Crippen molar-refractivity contribution in [2.75, 3.05) is 20.2 Å². The van der Waals surface area contributed by atoms with Gasteiger partial charge >= 0.3 is 6.09 Å². The van der Waals surface area contributed by atoms with Gasteiger partial charge in [0.25, 0.3) is 0 Å². The summed E-state index contributed by atoms with van der Waals surface area (Å²) in [6.07, 6.45) is 1.25. The lowest BCUT2D eigenvalue weighted by Crippen LogP contribution is -2.36. The van der Waals surface area contributed by atoms with Crippen LogP contribution in [0.25, 0.3) is 0 Å². The normalized spacial score (nSPS) is 12.7. The summed E-state index contributed by atoms with van der Waals surface area (Å²) in [5.74, 6) is 0. The highest BCUT2D eigenvalue weighted by atomic mass is 16.6. The number of nitrogens with zero attached hydrogens (tertiary/aromatic N) is 1. The van der Waals surface area contributed by atoms with E-state index in [1.807, 2.05) is 30.3 Å². The Morgan fingerprint density at radius 2 is 1.96 bits per heavy atom. The van der Waals surface area contributed by atoms with Crippen molar-refractivity contribution in [3.05, 3.63) is 35.9 Å². The average molecular weight is 323 g/mol. The first-order valence-electron chi connectivity index (χ1n) is 8.05. The lowest BCUT2D eigenvalue weighted by atomic mass is 9.86. The maximum absolute atomic E-state index is 12.1. The van der Waals surface area contributed by atoms with Gasteiger partial charge in [0, 0.05) is 13.6 Å². The lowest BCUT2D eigenvalue weighted by molar-refractivity contribution is 0.0765. The smallest absolute Gasteiger partial charge is 0.409 e. The van der Waals surface area contributed by atoms with Gasteiger partial charge in [-0.25, -0.2) is 4.79 Å². The Kier molecular flexibility index (Phi) is 8.06. The number of aliphatic hydroxyl groups excluding tert-OH is 2. The summed E-state index contributed by atoms with van der Waals surface area (Å²) < 4.78 is 5.31. The van der Waals surface area contributed by atoms with Crippen LogP contribution >= 0.6 is 0 Å². The first-order valence-corrected chi connectivity index (χ1v) is 8.05. The fourth-order valence-electron chi connectivity index (χ4n) is 2.52. The molecule has 1 aromatic carbocycles. The third-order valence-corrected chi connectivity index (χ3v) is 3.78. The Morgan fingerprint density at radius 3 is 2.57 bits per heavy atom. The van der Waals surface area contributed by atoms with Gasteiger partial charge in [-0.05, 0) is 23.8 Å². The Labute approximate surface area is 138 Å². The van der Waals surface area contributed by atoms with Crippen LogP contribution in [0.3, 0.4) is 0 Å². The van der Waals surface area contributed by atoms with E-state index in [1.165, 1.54) is 0 Å². The summed E-state index contributed by atoms with van der Waals surface area (Å²) in [7, 11) is 1.73. The van der Waals surface area contributed by atoms with E-state index in [9.17, 15) is 9.90 Å². The predicted octanol–water partition coefficient (Wildman–Crippen LogP) is 2.80. The van der Waals surface area contributed by atoms with Crippen LogP contribution in [-0.2, 0) is 11.3 Å². The van der Waals surface area contributed by atoms with Crippen molar-refractivity contribution < 1.29 is 19.7 Å². The van der Waals surface area contributed by atoms with Gasteiger partial charge in [-0.15, -0.1) is 0 Å². The molecule has 0 bridgehead atoms. The molecule has 0 radical (unpaired) electrons. The van der Waals surface area contributed by atoms with Gasteiger partial charge < -0.3 is 19.8 Å². The van der Waals surface area contributed by atoms with Crippen molar-refractivity contribution in [3.63, 3.8) is 0 Å². The topological polar surface area (TPSA) is 70.0 Å². The van der Waals surface area contributed by atoms with Gasteiger partial charge in [-0.1, -0.05) is 50.6 Å². The molecule has 0 aromatic heterocycles. The highest BCUT2D eigenvalue weighted by Crippen LogP contribution is 2.25. The maximum Gasteiger partial charge on any atom is 0.409 e. The van der Waals surface area contributed by atoms with Crippen LogP contribution in [0.2, 0.25) is 0 Å². The molecule has 1 rings (SSSR count). The zero-order chi connectivity index (χ0) is 17.3. The second-order valence-electron chi connectivity index (χ2n) is 6.79. The van der Waals surface area contributed by atoms with E-state index in [1.54, 1.807) is 11.9 Å². The van der Waals surface area contributed by atoms with Crippen LogP contribution in [0.5, 0.6) is 0 Å². The van der Waals surface area contributed by atoms with E-state index in [-0.39, 0.29) is 24.7 Å². The van der Waals surface area contributed by atoms with E-state index in [4.69, 9.17) is 9.84 Å². The molecular formula is C18H29NO4. The Morgan fingerprint density at radius 1 is 1.30 bits per heavy atom. The van der Waals surface area contributed by atoms with Crippen molar-refractivity contribution in [3.8, 4) is 0 Å². The van der Waals surface area contributed by atoms with Gasteiger partial charge in [-0.3, -0.25) is 0 Å². The van der Waals surface area contributed by atoms with Crippen LogP contribution in [-0.4, -0.2) is 47.5 Å². The SMILES string of the molecule is CN(CC(C)(C)CCCC(O)CO)C(=O)OCc1ccccc1. The van der Waals surface area contributed by atoms with Crippen molar-refractivity contribution in [2.24, 2.45) is 5.41 Å². The highest BCUT2D eigenvalue weighted by Gasteiger charge is 2.23. The van der Waals surface area contributed by atoms with Crippen molar-refractivity contribution in [1.29, 1.82) is 0 Å². The summed E-state index contributed by atoms with van der Waals surface area (Å²) in [6, 6.07) is 9.59. The molecular weight excluding hydrogens is 294 g/mol. The molecule has 1 amide bonds. The zero-order valence-electron chi connectivity index (χ0n) is 14.4. The summed E-state index contributed by atoms with van der Waals surface area (Å²) in [6.45, 7) is 4.81. The summed E-state index contributed by atoms with van der Waals surface area (Å²) in [5, 5.41) is 18.2. The third-order valence-electron chi connectivity index (χ3n) is 3.78. The van der Waals surface area contributed by atoms with E-state index in [0.29, 0.717) is 13.0 Å². The highest BCUT2D eigenvalue weighted by molar-refractivity contribution is 5.67. The molecule has 0 saturated heterocycles. The summed E-state index contributed by atoms with van der Waals surface area (Å²) in [5.41, 5.74) is 0.891. The standard InChI is InChI=1S/C18H29NO4/c1-18(2,11-7-10-16(21)12-20)14-19(3)17(22)23-13-15-8-5-4-6-9-15/h4-6,8-9,16,20-21H,7,10-14H2,1-3H3. The Bertz CT molecular complexity index is 461. The molecule has 0 saturated carbocycles. The average Bonchev–Trinajstić information content (AvgIpc) is 2.52. The molecule has 0 spiro atoms.